The van der Waals surface area contributed by atoms with Gasteiger partial charge < -0.3 is 9.84 Å². The van der Waals surface area contributed by atoms with Gasteiger partial charge in [0, 0.05) is 16.8 Å². The fraction of sp³-hybridized carbons (Fsp3) is 0.200. The Morgan fingerprint density at radius 1 is 1.15 bits per heavy atom. The molecule has 0 aliphatic heterocycles. The molecule has 0 saturated carbocycles. The molecule has 0 unspecified atom stereocenters. The molecule has 0 radical (unpaired) electrons. The second-order valence-corrected chi connectivity index (χ2v) is 5.06. The van der Waals surface area contributed by atoms with Crippen molar-refractivity contribution in [2.24, 2.45) is 0 Å². The fourth-order valence-corrected chi connectivity index (χ4v) is 2.27. The largest absolute Gasteiger partial charge is 0.478 e. The second-order valence-electron chi connectivity index (χ2n) is 4.62. The van der Waals surface area contributed by atoms with E-state index in [4.69, 9.17) is 21.4 Å². The molecule has 0 aliphatic rings. The van der Waals surface area contributed by atoms with E-state index in [0.29, 0.717) is 22.2 Å². The monoisotopic (exact) mass is 291 g/mol. The molecule has 1 heterocycles. The third-order valence-electron chi connectivity index (χ3n) is 2.90. The minimum atomic E-state index is -1.01. The van der Waals surface area contributed by atoms with Crippen LogP contribution in [-0.4, -0.2) is 16.1 Å². The molecule has 2 rings (SSSR count). The number of ether oxygens (including phenoxy) is 1. The van der Waals surface area contributed by atoms with Gasteiger partial charge in [-0.1, -0.05) is 11.6 Å². The Bertz CT molecular complexity index is 660. The highest BCUT2D eigenvalue weighted by molar-refractivity contribution is 6.30. The van der Waals surface area contributed by atoms with Crippen molar-refractivity contribution in [3.63, 3.8) is 0 Å². The summed E-state index contributed by atoms with van der Waals surface area (Å²) in [6, 6.07) is 5.15. The molecule has 5 heteroatoms. The average Bonchev–Trinajstić information content (AvgIpc) is 2.34. The van der Waals surface area contributed by atoms with Crippen LogP contribution in [0.25, 0.3) is 0 Å². The molecule has 1 aromatic carbocycles. The molecular formula is C15H14ClNO3. The van der Waals surface area contributed by atoms with Crippen molar-refractivity contribution in [1.29, 1.82) is 0 Å². The van der Waals surface area contributed by atoms with Gasteiger partial charge in [0.2, 0.25) is 5.88 Å². The Morgan fingerprint density at radius 2 is 1.75 bits per heavy atom. The van der Waals surface area contributed by atoms with E-state index in [2.05, 4.69) is 4.98 Å². The van der Waals surface area contributed by atoms with E-state index < -0.39 is 5.97 Å². The summed E-state index contributed by atoms with van der Waals surface area (Å²) in [5.41, 5.74) is 2.61. The molecular weight excluding hydrogens is 278 g/mol. The van der Waals surface area contributed by atoms with Gasteiger partial charge in [0.1, 0.15) is 5.75 Å². The molecule has 0 spiro atoms. The maximum absolute atomic E-state index is 10.9. The highest BCUT2D eigenvalue weighted by atomic mass is 35.5. The van der Waals surface area contributed by atoms with E-state index in [1.54, 1.807) is 6.92 Å². The topological polar surface area (TPSA) is 59.4 Å². The Hall–Kier alpha value is -2.07. The van der Waals surface area contributed by atoms with Gasteiger partial charge in [-0.25, -0.2) is 9.78 Å². The van der Waals surface area contributed by atoms with Gasteiger partial charge in [0.25, 0.3) is 0 Å². The Balaban J connectivity index is 2.38. The van der Waals surface area contributed by atoms with Crippen LogP contribution < -0.4 is 4.74 Å². The summed E-state index contributed by atoms with van der Waals surface area (Å²) in [4.78, 5) is 14.9. The lowest BCUT2D eigenvalue weighted by molar-refractivity contribution is 0.0696. The zero-order chi connectivity index (χ0) is 14.9. The van der Waals surface area contributed by atoms with Crippen molar-refractivity contribution in [2.75, 3.05) is 0 Å². The molecule has 0 aliphatic carbocycles. The predicted molar refractivity (Wildman–Crippen MR) is 76.9 cm³/mol. The molecule has 1 aromatic heterocycles. The number of nitrogens with zero attached hydrogens (tertiary/aromatic N) is 1. The van der Waals surface area contributed by atoms with Crippen LogP contribution in [0.2, 0.25) is 5.02 Å². The zero-order valence-electron chi connectivity index (χ0n) is 11.4. The minimum absolute atomic E-state index is 0.138. The van der Waals surface area contributed by atoms with Gasteiger partial charge in [-0.15, -0.1) is 0 Å². The van der Waals surface area contributed by atoms with E-state index in [1.807, 2.05) is 26.0 Å². The van der Waals surface area contributed by atoms with Crippen LogP contribution in [0.5, 0.6) is 11.6 Å². The maximum atomic E-state index is 10.9. The number of carboxylic acid groups (broad SMARTS) is 1. The van der Waals surface area contributed by atoms with Crippen molar-refractivity contribution < 1.29 is 14.6 Å². The van der Waals surface area contributed by atoms with Crippen LogP contribution >= 0.6 is 11.6 Å². The highest BCUT2D eigenvalue weighted by Gasteiger charge is 2.12. The van der Waals surface area contributed by atoms with Crippen LogP contribution in [0.1, 0.15) is 27.0 Å². The summed E-state index contributed by atoms with van der Waals surface area (Å²) in [6.45, 7) is 5.56. The van der Waals surface area contributed by atoms with Crippen LogP contribution in [0, 0.1) is 20.8 Å². The number of aromatic nitrogens is 1. The number of pyridine rings is 1. The molecule has 2 aromatic rings. The summed E-state index contributed by atoms with van der Waals surface area (Å²) < 4.78 is 5.80. The first kappa shape index (κ1) is 14.3. The first-order chi connectivity index (χ1) is 9.38. The second kappa shape index (κ2) is 5.51. The van der Waals surface area contributed by atoms with Gasteiger partial charge in [-0.05, 0) is 50.1 Å². The maximum Gasteiger partial charge on any atom is 0.337 e. The Labute approximate surface area is 122 Å². The number of carboxylic acids is 1. The first-order valence-electron chi connectivity index (χ1n) is 6.03. The molecule has 0 atom stereocenters. The van der Waals surface area contributed by atoms with Crippen molar-refractivity contribution in [2.45, 2.75) is 20.8 Å². The molecule has 1 N–H and O–H groups in total. The lowest BCUT2D eigenvalue weighted by Gasteiger charge is -2.13. The van der Waals surface area contributed by atoms with E-state index in [0.717, 1.165) is 11.1 Å². The van der Waals surface area contributed by atoms with Crippen LogP contribution in [0.3, 0.4) is 0 Å². The van der Waals surface area contributed by atoms with Crippen LogP contribution in [0.4, 0.5) is 0 Å². The minimum Gasteiger partial charge on any atom is -0.478 e. The van der Waals surface area contributed by atoms with Gasteiger partial charge >= 0.3 is 5.97 Å². The Morgan fingerprint density at radius 3 is 2.25 bits per heavy atom. The number of carbonyl (C=O) groups is 1. The van der Waals surface area contributed by atoms with Gasteiger partial charge in [-0.2, -0.15) is 0 Å². The average molecular weight is 292 g/mol. The van der Waals surface area contributed by atoms with E-state index in [-0.39, 0.29) is 5.56 Å². The number of benzene rings is 1. The van der Waals surface area contributed by atoms with Crippen LogP contribution in [-0.2, 0) is 0 Å². The number of aromatic carboxylic acids is 1. The number of hydrogen-bond donors (Lipinski definition) is 1. The molecule has 0 amide bonds. The van der Waals surface area contributed by atoms with E-state index in [1.165, 1.54) is 12.3 Å². The number of aryl methyl sites for hydroxylation is 3. The summed E-state index contributed by atoms with van der Waals surface area (Å²) in [6.07, 6.45) is 1.28. The summed E-state index contributed by atoms with van der Waals surface area (Å²) >= 11 is 5.98. The fourth-order valence-electron chi connectivity index (χ4n) is 1.94. The van der Waals surface area contributed by atoms with Crippen molar-refractivity contribution in [1.82, 2.24) is 4.98 Å². The molecule has 0 fully saturated rings. The highest BCUT2D eigenvalue weighted by Crippen LogP contribution is 2.31. The quantitative estimate of drug-likeness (QED) is 0.923. The molecule has 4 nitrogen and oxygen atoms in total. The predicted octanol–water partition coefficient (Wildman–Crippen LogP) is 4.15. The summed E-state index contributed by atoms with van der Waals surface area (Å²) in [7, 11) is 0. The number of rotatable bonds is 3. The first-order valence-corrected chi connectivity index (χ1v) is 6.41. The molecule has 104 valence electrons. The molecule has 0 saturated heterocycles. The summed E-state index contributed by atoms with van der Waals surface area (Å²) in [5, 5.41) is 9.56. The third-order valence-corrected chi connectivity index (χ3v) is 3.12. The smallest absolute Gasteiger partial charge is 0.337 e. The van der Waals surface area contributed by atoms with Gasteiger partial charge in [0.15, 0.2) is 0 Å². The SMILES string of the molecule is Cc1cc(C(=O)O)cnc1Oc1c(C)cc(Cl)cc1C. The van der Waals surface area contributed by atoms with Crippen molar-refractivity contribution >= 4 is 17.6 Å². The number of halogens is 1. The molecule has 20 heavy (non-hydrogen) atoms. The zero-order valence-corrected chi connectivity index (χ0v) is 12.2. The van der Waals surface area contributed by atoms with Crippen molar-refractivity contribution in [3.05, 3.63) is 51.7 Å². The number of hydrogen-bond acceptors (Lipinski definition) is 3. The lowest BCUT2D eigenvalue weighted by Crippen LogP contribution is -2.01. The van der Waals surface area contributed by atoms with E-state index in [9.17, 15) is 4.79 Å². The van der Waals surface area contributed by atoms with E-state index >= 15 is 0 Å². The Kier molecular flexibility index (Phi) is 3.95. The lowest BCUT2D eigenvalue weighted by atomic mass is 10.1. The van der Waals surface area contributed by atoms with Crippen LogP contribution in [0.15, 0.2) is 24.4 Å². The van der Waals surface area contributed by atoms with Gasteiger partial charge in [0.05, 0.1) is 5.56 Å². The third kappa shape index (κ3) is 2.91. The van der Waals surface area contributed by atoms with Gasteiger partial charge in [-0.3, -0.25) is 0 Å². The normalized spacial score (nSPS) is 10.4. The van der Waals surface area contributed by atoms with Crippen molar-refractivity contribution in [3.8, 4) is 11.6 Å². The standard InChI is InChI=1S/C15H14ClNO3/c1-8-5-12(16)6-9(2)13(8)20-14-10(3)4-11(7-17-14)15(18)19/h4-7H,1-3H3,(H,18,19). The molecule has 0 bridgehead atoms. The summed E-state index contributed by atoms with van der Waals surface area (Å²) in [5.74, 6) is 0.0719.